The van der Waals surface area contributed by atoms with Gasteiger partial charge in [0.05, 0.1) is 10.1 Å². The molecule has 0 unspecified atom stereocenters. The fourth-order valence-electron chi connectivity index (χ4n) is 2.23. The standard InChI is InChI=1S/C14H18BrNO3/c15-11-5-1-2-6-12(11)19-9-13(17)16-10-14(18)7-3-4-8-14/h1-2,5-6,18H,3-4,7-10H2,(H,16,17). The topological polar surface area (TPSA) is 58.6 Å². The number of amides is 1. The molecule has 104 valence electrons. The van der Waals surface area contributed by atoms with Crippen LogP contribution in [0.3, 0.4) is 0 Å². The largest absolute Gasteiger partial charge is 0.483 e. The van der Waals surface area contributed by atoms with Crippen LogP contribution in [-0.4, -0.2) is 29.8 Å². The second-order valence-corrected chi connectivity index (χ2v) is 5.78. The smallest absolute Gasteiger partial charge is 0.258 e. The van der Waals surface area contributed by atoms with Crippen molar-refractivity contribution < 1.29 is 14.6 Å². The van der Waals surface area contributed by atoms with Gasteiger partial charge in [-0.25, -0.2) is 0 Å². The van der Waals surface area contributed by atoms with Gasteiger partial charge in [0.15, 0.2) is 6.61 Å². The van der Waals surface area contributed by atoms with E-state index in [1.807, 2.05) is 18.2 Å². The van der Waals surface area contributed by atoms with E-state index in [2.05, 4.69) is 21.2 Å². The van der Waals surface area contributed by atoms with Crippen molar-refractivity contribution in [2.24, 2.45) is 0 Å². The summed E-state index contributed by atoms with van der Waals surface area (Å²) in [6, 6.07) is 7.38. The highest BCUT2D eigenvalue weighted by Crippen LogP contribution is 2.28. The van der Waals surface area contributed by atoms with Crippen LogP contribution in [0.4, 0.5) is 0 Å². The Morgan fingerprint density at radius 3 is 2.74 bits per heavy atom. The molecule has 4 nitrogen and oxygen atoms in total. The van der Waals surface area contributed by atoms with Crippen molar-refractivity contribution in [2.75, 3.05) is 13.2 Å². The Bertz CT molecular complexity index is 444. The molecule has 0 spiro atoms. The summed E-state index contributed by atoms with van der Waals surface area (Å²) in [5.41, 5.74) is -0.719. The summed E-state index contributed by atoms with van der Waals surface area (Å²) < 4.78 is 6.22. The lowest BCUT2D eigenvalue weighted by molar-refractivity contribution is -0.124. The third kappa shape index (κ3) is 4.21. The van der Waals surface area contributed by atoms with Gasteiger partial charge < -0.3 is 15.2 Å². The summed E-state index contributed by atoms with van der Waals surface area (Å²) in [6.45, 7) is 0.268. The Morgan fingerprint density at radius 2 is 2.05 bits per heavy atom. The number of carbonyl (C=O) groups excluding carboxylic acids is 1. The number of carbonyl (C=O) groups is 1. The molecule has 2 rings (SSSR count). The molecule has 0 bridgehead atoms. The molecule has 1 amide bonds. The fraction of sp³-hybridized carbons (Fsp3) is 0.500. The van der Waals surface area contributed by atoms with Gasteiger partial charge in [0, 0.05) is 6.54 Å². The molecule has 2 N–H and O–H groups in total. The maximum Gasteiger partial charge on any atom is 0.258 e. The van der Waals surface area contributed by atoms with E-state index in [1.54, 1.807) is 6.07 Å². The molecule has 0 aromatic heterocycles. The van der Waals surface area contributed by atoms with E-state index in [0.717, 1.165) is 30.2 Å². The molecule has 0 saturated heterocycles. The van der Waals surface area contributed by atoms with Gasteiger partial charge in [0.25, 0.3) is 5.91 Å². The first-order valence-corrected chi connectivity index (χ1v) is 7.25. The number of ether oxygens (including phenoxy) is 1. The molecule has 1 saturated carbocycles. The second kappa shape index (κ2) is 6.39. The SMILES string of the molecule is O=C(COc1ccccc1Br)NCC1(O)CCCC1. The van der Waals surface area contributed by atoms with E-state index in [-0.39, 0.29) is 12.5 Å². The zero-order valence-electron chi connectivity index (χ0n) is 10.7. The van der Waals surface area contributed by atoms with Crippen LogP contribution in [-0.2, 0) is 4.79 Å². The van der Waals surface area contributed by atoms with Gasteiger partial charge in [0.2, 0.25) is 0 Å². The van der Waals surface area contributed by atoms with E-state index in [4.69, 9.17) is 4.74 Å². The highest BCUT2D eigenvalue weighted by Gasteiger charge is 2.31. The Balaban J connectivity index is 1.74. The van der Waals surface area contributed by atoms with Crippen molar-refractivity contribution >= 4 is 21.8 Å². The van der Waals surface area contributed by atoms with Crippen molar-refractivity contribution in [2.45, 2.75) is 31.3 Å². The molecule has 0 heterocycles. The van der Waals surface area contributed by atoms with Crippen molar-refractivity contribution in [3.05, 3.63) is 28.7 Å². The van der Waals surface area contributed by atoms with Gasteiger partial charge in [0.1, 0.15) is 5.75 Å². The molecule has 1 aromatic rings. The first kappa shape index (κ1) is 14.3. The molecule has 0 radical (unpaired) electrons. The van der Waals surface area contributed by atoms with Gasteiger partial charge in [-0.05, 0) is 40.9 Å². The van der Waals surface area contributed by atoms with Crippen LogP contribution >= 0.6 is 15.9 Å². The minimum atomic E-state index is -0.719. The summed E-state index contributed by atoms with van der Waals surface area (Å²) >= 11 is 3.35. The first-order valence-electron chi connectivity index (χ1n) is 6.45. The van der Waals surface area contributed by atoms with Gasteiger partial charge >= 0.3 is 0 Å². The fourth-order valence-corrected chi connectivity index (χ4v) is 2.63. The molecule has 19 heavy (non-hydrogen) atoms. The highest BCUT2D eigenvalue weighted by molar-refractivity contribution is 9.10. The average Bonchev–Trinajstić information content (AvgIpc) is 2.83. The molecule has 1 aliphatic rings. The third-order valence-corrected chi connectivity index (χ3v) is 4.00. The van der Waals surface area contributed by atoms with Crippen LogP contribution in [0.5, 0.6) is 5.75 Å². The van der Waals surface area contributed by atoms with E-state index in [0.29, 0.717) is 12.3 Å². The van der Waals surface area contributed by atoms with Crippen molar-refractivity contribution in [1.29, 1.82) is 0 Å². The van der Waals surface area contributed by atoms with Crippen LogP contribution in [0.15, 0.2) is 28.7 Å². The molecule has 0 aliphatic heterocycles. The third-order valence-electron chi connectivity index (χ3n) is 3.34. The Kier molecular flexibility index (Phi) is 4.82. The lowest BCUT2D eigenvalue weighted by atomic mass is 10.0. The van der Waals surface area contributed by atoms with Crippen LogP contribution < -0.4 is 10.1 Å². The minimum absolute atomic E-state index is 0.0430. The molecule has 0 atom stereocenters. The maximum absolute atomic E-state index is 11.7. The Labute approximate surface area is 121 Å². The normalized spacial score (nSPS) is 17.2. The predicted octanol–water partition coefficient (Wildman–Crippen LogP) is 2.25. The number of benzene rings is 1. The quantitative estimate of drug-likeness (QED) is 0.872. The number of para-hydroxylation sites is 1. The lowest BCUT2D eigenvalue weighted by Crippen LogP contribution is -2.42. The van der Waals surface area contributed by atoms with Crippen LogP contribution in [0.2, 0.25) is 0 Å². The van der Waals surface area contributed by atoms with E-state index >= 15 is 0 Å². The van der Waals surface area contributed by atoms with E-state index < -0.39 is 5.60 Å². The number of aliphatic hydroxyl groups is 1. The van der Waals surface area contributed by atoms with Gasteiger partial charge in [-0.2, -0.15) is 0 Å². The van der Waals surface area contributed by atoms with Gasteiger partial charge in [-0.1, -0.05) is 25.0 Å². The monoisotopic (exact) mass is 327 g/mol. The number of rotatable bonds is 5. The number of nitrogens with one attached hydrogen (secondary N) is 1. The van der Waals surface area contributed by atoms with Crippen molar-refractivity contribution in [1.82, 2.24) is 5.32 Å². The number of hydrogen-bond acceptors (Lipinski definition) is 3. The van der Waals surface area contributed by atoms with Crippen molar-refractivity contribution in [3.8, 4) is 5.75 Å². The van der Waals surface area contributed by atoms with Crippen LogP contribution in [0.25, 0.3) is 0 Å². The van der Waals surface area contributed by atoms with Crippen LogP contribution in [0.1, 0.15) is 25.7 Å². The highest BCUT2D eigenvalue weighted by atomic mass is 79.9. The van der Waals surface area contributed by atoms with Crippen molar-refractivity contribution in [3.63, 3.8) is 0 Å². The summed E-state index contributed by atoms with van der Waals surface area (Å²) in [5.74, 6) is 0.424. The number of halogens is 1. The predicted molar refractivity (Wildman–Crippen MR) is 76.1 cm³/mol. The Morgan fingerprint density at radius 1 is 1.37 bits per heavy atom. The lowest BCUT2D eigenvalue weighted by Gasteiger charge is -2.22. The summed E-state index contributed by atoms with van der Waals surface area (Å²) in [4.78, 5) is 11.7. The van der Waals surface area contributed by atoms with Gasteiger partial charge in [-0.15, -0.1) is 0 Å². The van der Waals surface area contributed by atoms with Gasteiger partial charge in [-0.3, -0.25) is 4.79 Å². The maximum atomic E-state index is 11.7. The molecular formula is C14H18BrNO3. The van der Waals surface area contributed by atoms with E-state index in [1.165, 1.54) is 0 Å². The number of hydrogen-bond donors (Lipinski definition) is 2. The zero-order valence-corrected chi connectivity index (χ0v) is 12.3. The van der Waals surface area contributed by atoms with E-state index in [9.17, 15) is 9.90 Å². The first-order chi connectivity index (χ1) is 9.09. The second-order valence-electron chi connectivity index (χ2n) is 4.93. The summed E-state index contributed by atoms with van der Waals surface area (Å²) in [7, 11) is 0. The minimum Gasteiger partial charge on any atom is -0.483 e. The zero-order chi connectivity index (χ0) is 13.7. The average molecular weight is 328 g/mol. The molecule has 5 heteroatoms. The molecule has 1 fully saturated rings. The molecule has 1 aromatic carbocycles. The van der Waals surface area contributed by atoms with Crippen LogP contribution in [0, 0.1) is 0 Å². The summed E-state index contributed by atoms with van der Waals surface area (Å²) in [6.07, 6.45) is 3.58. The Hall–Kier alpha value is -1.07. The molecular weight excluding hydrogens is 310 g/mol. The molecule has 1 aliphatic carbocycles. The summed E-state index contributed by atoms with van der Waals surface area (Å²) in [5, 5.41) is 12.8.